The second-order valence-corrected chi connectivity index (χ2v) is 6.74. The highest BCUT2D eigenvalue weighted by Gasteiger charge is 2.21. The lowest BCUT2D eigenvalue weighted by molar-refractivity contribution is 0.193. The summed E-state index contributed by atoms with van der Waals surface area (Å²) in [6.07, 6.45) is 8.49. The van der Waals surface area contributed by atoms with Gasteiger partial charge in [0.2, 0.25) is 0 Å². The van der Waals surface area contributed by atoms with Gasteiger partial charge in [-0.3, -0.25) is 4.68 Å². The Balaban J connectivity index is 1.82. The van der Waals surface area contributed by atoms with E-state index < -0.39 is 0 Å². The highest BCUT2D eigenvalue weighted by atomic mass is 16.5. The van der Waals surface area contributed by atoms with Crippen molar-refractivity contribution in [1.82, 2.24) is 15.1 Å². The molecule has 1 aromatic heterocycles. The number of nitrogens with zero attached hydrogens (tertiary/aromatic N) is 2. The van der Waals surface area contributed by atoms with Crippen molar-refractivity contribution in [3.8, 4) is 0 Å². The molecule has 1 aromatic rings. The minimum atomic E-state index is 0.225. The van der Waals surface area contributed by atoms with Crippen LogP contribution in [0.4, 0.5) is 0 Å². The number of rotatable bonds is 8. The Labute approximate surface area is 122 Å². The van der Waals surface area contributed by atoms with E-state index >= 15 is 0 Å². The van der Waals surface area contributed by atoms with Crippen LogP contribution < -0.4 is 5.32 Å². The average molecular weight is 279 g/mol. The minimum Gasteiger partial charge on any atom is -0.383 e. The summed E-state index contributed by atoms with van der Waals surface area (Å²) in [5.41, 5.74) is 1.44. The van der Waals surface area contributed by atoms with Crippen molar-refractivity contribution in [2.45, 2.75) is 52.0 Å². The van der Waals surface area contributed by atoms with Crippen LogP contribution in [0.3, 0.4) is 0 Å². The van der Waals surface area contributed by atoms with E-state index in [9.17, 15) is 0 Å². The number of aromatic nitrogens is 2. The molecule has 0 saturated heterocycles. The van der Waals surface area contributed by atoms with Crippen molar-refractivity contribution in [2.75, 3.05) is 26.8 Å². The fraction of sp³-hybridized carbons (Fsp3) is 0.812. The first-order valence-corrected chi connectivity index (χ1v) is 7.84. The van der Waals surface area contributed by atoms with Crippen LogP contribution in [-0.4, -0.2) is 36.6 Å². The van der Waals surface area contributed by atoms with Gasteiger partial charge in [-0.15, -0.1) is 0 Å². The lowest BCUT2D eigenvalue weighted by Crippen LogP contribution is -2.33. The van der Waals surface area contributed by atoms with E-state index in [1.807, 2.05) is 0 Å². The molecule has 1 saturated carbocycles. The van der Waals surface area contributed by atoms with Gasteiger partial charge in [-0.2, -0.15) is 5.10 Å². The van der Waals surface area contributed by atoms with Gasteiger partial charge >= 0.3 is 0 Å². The quantitative estimate of drug-likeness (QED) is 0.744. The van der Waals surface area contributed by atoms with Crippen molar-refractivity contribution in [1.29, 1.82) is 0 Å². The molecule has 20 heavy (non-hydrogen) atoms. The molecule has 1 N–H and O–H groups in total. The third-order valence-corrected chi connectivity index (χ3v) is 4.11. The summed E-state index contributed by atoms with van der Waals surface area (Å²) in [5.74, 6) is 0. The predicted molar refractivity (Wildman–Crippen MR) is 82.0 cm³/mol. The highest BCUT2D eigenvalue weighted by molar-refractivity contribution is 5.03. The summed E-state index contributed by atoms with van der Waals surface area (Å²) < 4.78 is 7.25. The fourth-order valence-electron chi connectivity index (χ4n) is 3.00. The zero-order valence-corrected chi connectivity index (χ0v) is 13.2. The lowest BCUT2D eigenvalue weighted by Gasteiger charge is -2.24. The molecule has 0 radical (unpaired) electrons. The number of methoxy groups -OCH3 is 1. The van der Waals surface area contributed by atoms with Crippen LogP contribution in [0.2, 0.25) is 0 Å². The van der Waals surface area contributed by atoms with Crippen molar-refractivity contribution < 1.29 is 4.74 Å². The van der Waals surface area contributed by atoms with Crippen molar-refractivity contribution in [3.05, 3.63) is 18.0 Å². The van der Waals surface area contributed by atoms with Crippen LogP contribution in [-0.2, 0) is 11.2 Å². The molecule has 4 nitrogen and oxygen atoms in total. The Morgan fingerprint density at radius 2 is 2.15 bits per heavy atom. The summed E-state index contributed by atoms with van der Waals surface area (Å²) in [7, 11) is 1.74. The standard InChI is InChI=1S/C16H29N3O/c1-16(2,13-17-9-11-20-3)12-14-8-10-19(18-14)15-6-4-5-7-15/h8,10,15,17H,4-7,9,11-13H2,1-3H3. The average Bonchev–Trinajstić information content (AvgIpc) is 3.04. The van der Waals surface area contributed by atoms with Gasteiger partial charge in [0.05, 0.1) is 18.3 Å². The maximum absolute atomic E-state index is 5.06. The number of nitrogens with one attached hydrogen (secondary N) is 1. The monoisotopic (exact) mass is 279 g/mol. The summed E-state index contributed by atoms with van der Waals surface area (Å²) in [4.78, 5) is 0. The van der Waals surface area contributed by atoms with Gasteiger partial charge in [0, 0.05) is 26.4 Å². The molecule has 4 heteroatoms. The van der Waals surface area contributed by atoms with Gasteiger partial charge in [-0.1, -0.05) is 26.7 Å². The van der Waals surface area contributed by atoms with E-state index in [-0.39, 0.29) is 5.41 Å². The fourth-order valence-corrected chi connectivity index (χ4v) is 3.00. The lowest BCUT2D eigenvalue weighted by atomic mass is 9.88. The third kappa shape index (κ3) is 4.60. The summed E-state index contributed by atoms with van der Waals surface area (Å²) in [5, 5.41) is 8.24. The smallest absolute Gasteiger partial charge is 0.0630 e. The van der Waals surface area contributed by atoms with Crippen LogP contribution >= 0.6 is 0 Å². The van der Waals surface area contributed by atoms with Crippen LogP contribution in [0.25, 0.3) is 0 Å². The van der Waals surface area contributed by atoms with E-state index in [0.29, 0.717) is 6.04 Å². The first kappa shape index (κ1) is 15.5. The van der Waals surface area contributed by atoms with Crippen molar-refractivity contribution in [3.63, 3.8) is 0 Å². The largest absolute Gasteiger partial charge is 0.383 e. The molecule has 1 aliphatic carbocycles. The Morgan fingerprint density at radius 1 is 1.40 bits per heavy atom. The van der Waals surface area contributed by atoms with E-state index in [2.05, 4.69) is 36.1 Å². The van der Waals surface area contributed by atoms with Crippen LogP contribution in [0, 0.1) is 5.41 Å². The first-order valence-electron chi connectivity index (χ1n) is 7.84. The van der Waals surface area contributed by atoms with Gasteiger partial charge in [-0.05, 0) is 30.7 Å². The first-order chi connectivity index (χ1) is 9.61. The Bertz CT molecular complexity index is 394. The van der Waals surface area contributed by atoms with Gasteiger partial charge in [0.25, 0.3) is 0 Å². The highest BCUT2D eigenvalue weighted by Crippen LogP contribution is 2.29. The zero-order valence-electron chi connectivity index (χ0n) is 13.2. The molecule has 1 heterocycles. The SMILES string of the molecule is COCCNCC(C)(C)Cc1ccn(C2CCCC2)n1. The Hall–Kier alpha value is -0.870. The Kier molecular flexibility index (Phi) is 5.61. The molecule has 0 unspecified atom stereocenters. The summed E-state index contributed by atoms with van der Waals surface area (Å²) >= 11 is 0. The molecule has 0 aromatic carbocycles. The molecular weight excluding hydrogens is 250 g/mol. The van der Waals surface area contributed by atoms with Gasteiger partial charge in [0.15, 0.2) is 0 Å². The maximum Gasteiger partial charge on any atom is 0.0630 e. The molecule has 0 atom stereocenters. The third-order valence-electron chi connectivity index (χ3n) is 4.11. The molecule has 0 aliphatic heterocycles. The number of hydrogen-bond acceptors (Lipinski definition) is 3. The topological polar surface area (TPSA) is 39.1 Å². The minimum absolute atomic E-state index is 0.225. The van der Waals surface area contributed by atoms with Crippen molar-refractivity contribution >= 4 is 0 Å². The van der Waals surface area contributed by atoms with Crippen LogP contribution in [0.5, 0.6) is 0 Å². The van der Waals surface area contributed by atoms with E-state index in [0.717, 1.165) is 26.1 Å². The van der Waals surface area contributed by atoms with Gasteiger partial charge in [0.1, 0.15) is 0 Å². The molecule has 0 bridgehead atoms. The van der Waals surface area contributed by atoms with Gasteiger partial charge < -0.3 is 10.1 Å². The predicted octanol–water partition coefficient (Wildman–Crippen LogP) is 2.80. The molecule has 0 amide bonds. The molecule has 2 rings (SSSR count). The second kappa shape index (κ2) is 7.23. The second-order valence-electron chi connectivity index (χ2n) is 6.74. The van der Waals surface area contributed by atoms with Crippen LogP contribution in [0.1, 0.15) is 51.3 Å². The summed E-state index contributed by atoms with van der Waals surface area (Å²) in [6, 6.07) is 2.83. The van der Waals surface area contributed by atoms with E-state index in [1.54, 1.807) is 7.11 Å². The molecule has 0 spiro atoms. The molecule has 1 fully saturated rings. The normalized spacial score (nSPS) is 16.9. The number of hydrogen-bond donors (Lipinski definition) is 1. The molecule has 114 valence electrons. The van der Waals surface area contributed by atoms with Gasteiger partial charge in [-0.25, -0.2) is 0 Å². The van der Waals surface area contributed by atoms with Crippen LogP contribution in [0.15, 0.2) is 12.3 Å². The van der Waals surface area contributed by atoms with E-state index in [1.165, 1.54) is 31.4 Å². The van der Waals surface area contributed by atoms with Crippen molar-refractivity contribution in [2.24, 2.45) is 5.41 Å². The number of ether oxygens (including phenoxy) is 1. The summed E-state index contributed by atoms with van der Waals surface area (Å²) in [6.45, 7) is 7.26. The molecular formula is C16H29N3O. The zero-order chi connectivity index (χ0) is 14.4. The molecule has 1 aliphatic rings. The van der Waals surface area contributed by atoms with E-state index in [4.69, 9.17) is 9.84 Å². The maximum atomic E-state index is 5.06. The Morgan fingerprint density at radius 3 is 2.85 bits per heavy atom.